The standard InChI is InChI=1S/C17H18N2O5/c1-3-7-24-17(21)14-6-4-5-13(9-14)10-18-11-15(19(22)23)8-12(2)16(18)20/h4-6,8-9,11H,3,7,10H2,1-2H3. The van der Waals surface area contributed by atoms with Gasteiger partial charge in [0.15, 0.2) is 0 Å². The summed E-state index contributed by atoms with van der Waals surface area (Å²) in [5, 5.41) is 10.9. The van der Waals surface area contributed by atoms with Crippen molar-refractivity contribution in [1.29, 1.82) is 0 Å². The molecule has 126 valence electrons. The molecular weight excluding hydrogens is 312 g/mol. The van der Waals surface area contributed by atoms with E-state index in [4.69, 9.17) is 4.74 Å². The van der Waals surface area contributed by atoms with E-state index in [1.807, 2.05) is 6.92 Å². The Bertz CT molecular complexity index is 826. The molecule has 0 aliphatic carbocycles. The number of aromatic nitrogens is 1. The Kier molecular flexibility index (Phi) is 5.47. The van der Waals surface area contributed by atoms with Crippen molar-refractivity contribution >= 4 is 11.7 Å². The van der Waals surface area contributed by atoms with E-state index in [2.05, 4.69) is 0 Å². The number of esters is 1. The van der Waals surface area contributed by atoms with Crippen LogP contribution >= 0.6 is 0 Å². The van der Waals surface area contributed by atoms with Crippen LogP contribution in [0, 0.1) is 17.0 Å². The van der Waals surface area contributed by atoms with Crippen LogP contribution in [0.3, 0.4) is 0 Å². The molecule has 2 aromatic rings. The summed E-state index contributed by atoms with van der Waals surface area (Å²) < 4.78 is 6.35. The molecule has 1 heterocycles. The number of nitrogens with zero attached hydrogens (tertiary/aromatic N) is 2. The summed E-state index contributed by atoms with van der Waals surface area (Å²) in [5.74, 6) is -0.429. The highest BCUT2D eigenvalue weighted by atomic mass is 16.6. The Balaban J connectivity index is 2.30. The quantitative estimate of drug-likeness (QED) is 0.461. The van der Waals surface area contributed by atoms with Crippen molar-refractivity contribution in [3.8, 4) is 0 Å². The SMILES string of the molecule is CCCOC(=O)c1cccc(Cn2cc([N+](=O)[O-])cc(C)c2=O)c1. The van der Waals surface area contributed by atoms with Gasteiger partial charge in [-0.05, 0) is 31.0 Å². The van der Waals surface area contributed by atoms with Gasteiger partial charge in [-0.2, -0.15) is 0 Å². The monoisotopic (exact) mass is 330 g/mol. The molecular formula is C17H18N2O5. The minimum absolute atomic E-state index is 0.135. The molecule has 0 fully saturated rings. The minimum atomic E-state index is -0.540. The molecule has 0 atom stereocenters. The molecule has 0 N–H and O–H groups in total. The maximum atomic E-state index is 12.2. The fourth-order valence-corrected chi connectivity index (χ4v) is 2.25. The second-order valence-electron chi connectivity index (χ2n) is 5.41. The fraction of sp³-hybridized carbons (Fsp3) is 0.294. The van der Waals surface area contributed by atoms with E-state index in [-0.39, 0.29) is 17.8 Å². The summed E-state index contributed by atoms with van der Waals surface area (Å²) >= 11 is 0. The maximum absolute atomic E-state index is 12.2. The van der Waals surface area contributed by atoms with Gasteiger partial charge >= 0.3 is 5.97 Å². The van der Waals surface area contributed by atoms with Crippen molar-refractivity contribution in [3.63, 3.8) is 0 Å². The summed E-state index contributed by atoms with van der Waals surface area (Å²) in [6.07, 6.45) is 1.94. The lowest BCUT2D eigenvalue weighted by atomic mass is 10.1. The van der Waals surface area contributed by atoms with E-state index < -0.39 is 10.9 Å². The van der Waals surface area contributed by atoms with E-state index in [0.29, 0.717) is 23.3 Å². The van der Waals surface area contributed by atoms with Gasteiger partial charge in [-0.3, -0.25) is 14.9 Å². The first-order valence-corrected chi connectivity index (χ1v) is 7.54. The van der Waals surface area contributed by atoms with Crippen molar-refractivity contribution in [3.05, 3.63) is 73.7 Å². The Morgan fingerprint density at radius 1 is 1.33 bits per heavy atom. The average molecular weight is 330 g/mol. The molecule has 1 aromatic carbocycles. The number of nitro groups is 1. The van der Waals surface area contributed by atoms with Gasteiger partial charge in [0, 0.05) is 11.6 Å². The van der Waals surface area contributed by atoms with E-state index in [1.54, 1.807) is 24.3 Å². The average Bonchev–Trinajstić information content (AvgIpc) is 2.56. The lowest BCUT2D eigenvalue weighted by Gasteiger charge is -2.09. The Morgan fingerprint density at radius 3 is 2.75 bits per heavy atom. The molecule has 0 unspecified atom stereocenters. The molecule has 24 heavy (non-hydrogen) atoms. The van der Waals surface area contributed by atoms with Gasteiger partial charge < -0.3 is 9.30 Å². The maximum Gasteiger partial charge on any atom is 0.338 e. The number of benzene rings is 1. The number of carbonyl (C=O) groups is 1. The molecule has 1 aromatic heterocycles. The highest BCUT2D eigenvalue weighted by molar-refractivity contribution is 5.89. The third-order valence-electron chi connectivity index (χ3n) is 3.41. The Morgan fingerprint density at radius 2 is 2.08 bits per heavy atom. The molecule has 7 heteroatoms. The third kappa shape index (κ3) is 4.07. The lowest BCUT2D eigenvalue weighted by molar-refractivity contribution is -0.385. The molecule has 0 radical (unpaired) electrons. The van der Waals surface area contributed by atoms with Crippen LogP contribution in [0.25, 0.3) is 0 Å². The second-order valence-corrected chi connectivity index (χ2v) is 5.41. The van der Waals surface area contributed by atoms with Crippen molar-refractivity contribution in [2.75, 3.05) is 6.61 Å². The predicted octanol–water partition coefficient (Wildman–Crippen LogP) is 2.68. The van der Waals surface area contributed by atoms with Crippen LogP contribution in [-0.2, 0) is 11.3 Å². The molecule has 7 nitrogen and oxygen atoms in total. The highest BCUT2D eigenvalue weighted by Gasteiger charge is 2.13. The first kappa shape index (κ1) is 17.4. The van der Waals surface area contributed by atoms with Crippen molar-refractivity contribution in [2.45, 2.75) is 26.8 Å². The van der Waals surface area contributed by atoms with E-state index >= 15 is 0 Å². The molecule has 0 aliphatic heterocycles. The van der Waals surface area contributed by atoms with Crippen LogP contribution in [-0.4, -0.2) is 22.1 Å². The van der Waals surface area contributed by atoms with Crippen LogP contribution in [0.5, 0.6) is 0 Å². The molecule has 0 amide bonds. The number of ether oxygens (including phenoxy) is 1. The van der Waals surface area contributed by atoms with Crippen molar-refractivity contribution < 1.29 is 14.5 Å². The lowest BCUT2D eigenvalue weighted by Crippen LogP contribution is -2.22. The smallest absolute Gasteiger partial charge is 0.338 e. The van der Waals surface area contributed by atoms with E-state index in [1.165, 1.54) is 23.8 Å². The zero-order chi connectivity index (χ0) is 17.7. The van der Waals surface area contributed by atoms with Gasteiger partial charge in [-0.1, -0.05) is 19.1 Å². The van der Waals surface area contributed by atoms with Crippen molar-refractivity contribution in [2.24, 2.45) is 0 Å². The third-order valence-corrected chi connectivity index (χ3v) is 3.41. The first-order chi connectivity index (χ1) is 11.4. The minimum Gasteiger partial charge on any atom is -0.462 e. The Hall–Kier alpha value is -2.96. The molecule has 0 saturated carbocycles. The van der Waals surface area contributed by atoms with Gasteiger partial charge in [0.25, 0.3) is 11.2 Å². The number of carbonyl (C=O) groups excluding carboxylic acids is 1. The summed E-state index contributed by atoms with van der Waals surface area (Å²) in [6.45, 7) is 3.91. The number of hydrogen-bond donors (Lipinski definition) is 0. The predicted molar refractivity (Wildman–Crippen MR) is 88.2 cm³/mol. The van der Waals surface area contributed by atoms with E-state index in [9.17, 15) is 19.7 Å². The van der Waals surface area contributed by atoms with Crippen LogP contribution in [0.1, 0.15) is 34.8 Å². The summed E-state index contributed by atoms with van der Waals surface area (Å²) in [6, 6.07) is 7.93. The van der Waals surface area contributed by atoms with Crippen molar-refractivity contribution in [1.82, 2.24) is 4.57 Å². The van der Waals surface area contributed by atoms with Gasteiger partial charge in [0.05, 0.1) is 29.8 Å². The molecule has 0 spiro atoms. The van der Waals surface area contributed by atoms with Crippen LogP contribution in [0.2, 0.25) is 0 Å². The topological polar surface area (TPSA) is 91.4 Å². The van der Waals surface area contributed by atoms with Crippen LogP contribution < -0.4 is 5.56 Å². The zero-order valence-corrected chi connectivity index (χ0v) is 13.5. The number of aryl methyl sites for hydroxylation is 1. The van der Waals surface area contributed by atoms with Gasteiger partial charge in [-0.15, -0.1) is 0 Å². The van der Waals surface area contributed by atoms with Gasteiger partial charge in [-0.25, -0.2) is 4.79 Å². The molecule has 0 saturated heterocycles. The normalized spacial score (nSPS) is 10.4. The van der Waals surface area contributed by atoms with Gasteiger partial charge in [0.1, 0.15) is 0 Å². The number of rotatable bonds is 6. The van der Waals surface area contributed by atoms with Crippen LogP contribution in [0.4, 0.5) is 5.69 Å². The molecule has 0 aliphatic rings. The highest BCUT2D eigenvalue weighted by Crippen LogP contribution is 2.13. The van der Waals surface area contributed by atoms with E-state index in [0.717, 1.165) is 6.42 Å². The first-order valence-electron chi connectivity index (χ1n) is 7.54. The second kappa shape index (κ2) is 7.54. The van der Waals surface area contributed by atoms with Crippen LogP contribution in [0.15, 0.2) is 41.3 Å². The van der Waals surface area contributed by atoms with Gasteiger partial charge in [0.2, 0.25) is 0 Å². The molecule has 0 bridgehead atoms. The number of pyridine rings is 1. The largest absolute Gasteiger partial charge is 0.462 e. The summed E-state index contributed by atoms with van der Waals surface area (Å²) in [5.41, 5.74) is 0.909. The zero-order valence-electron chi connectivity index (χ0n) is 13.5. The summed E-state index contributed by atoms with van der Waals surface area (Å²) in [7, 11) is 0. The molecule has 2 rings (SSSR count). The summed E-state index contributed by atoms with van der Waals surface area (Å²) in [4.78, 5) is 34.5. The number of hydrogen-bond acceptors (Lipinski definition) is 5. The Labute approximate surface area is 138 Å². The fourth-order valence-electron chi connectivity index (χ4n) is 2.25.